The molecular formula is C31H27N3O3. The van der Waals surface area contributed by atoms with Gasteiger partial charge in [0.1, 0.15) is 6.54 Å². The number of urea groups is 1. The minimum absolute atomic E-state index is 0.349. The molecule has 0 aliphatic carbocycles. The number of amides is 4. The Morgan fingerprint density at radius 3 is 1.57 bits per heavy atom. The molecule has 1 aliphatic rings. The first kappa shape index (κ1) is 24.0. The van der Waals surface area contributed by atoms with Crippen molar-refractivity contribution >= 4 is 17.8 Å². The fourth-order valence-corrected chi connectivity index (χ4v) is 4.95. The monoisotopic (exact) mass is 489 g/mol. The van der Waals surface area contributed by atoms with Crippen LogP contribution in [0.4, 0.5) is 4.79 Å². The molecule has 0 atom stereocenters. The van der Waals surface area contributed by atoms with Crippen LogP contribution in [0.15, 0.2) is 121 Å². The summed E-state index contributed by atoms with van der Waals surface area (Å²) in [6, 6.07) is 36.7. The van der Waals surface area contributed by atoms with E-state index in [1.165, 1.54) is 0 Å². The van der Waals surface area contributed by atoms with Gasteiger partial charge >= 0.3 is 6.03 Å². The highest BCUT2D eigenvalue weighted by Crippen LogP contribution is 2.36. The van der Waals surface area contributed by atoms with E-state index in [1.807, 2.05) is 121 Å². The first-order valence-electron chi connectivity index (χ1n) is 12.1. The van der Waals surface area contributed by atoms with E-state index in [1.54, 1.807) is 11.9 Å². The summed E-state index contributed by atoms with van der Waals surface area (Å²) >= 11 is 0. The van der Waals surface area contributed by atoms with E-state index in [0.29, 0.717) is 11.1 Å². The Labute approximate surface area is 216 Å². The molecule has 0 bridgehead atoms. The number of nitrogens with zero attached hydrogens (tertiary/aromatic N) is 2. The lowest BCUT2D eigenvalue weighted by atomic mass is 9.82. The predicted octanol–water partition coefficient (Wildman–Crippen LogP) is 4.73. The summed E-state index contributed by atoms with van der Waals surface area (Å²) < 4.78 is 0. The maximum absolute atomic E-state index is 14.0. The van der Waals surface area contributed by atoms with Crippen molar-refractivity contribution in [2.45, 2.75) is 11.6 Å². The third kappa shape index (κ3) is 4.38. The minimum Gasteiger partial charge on any atom is -0.333 e. The summed E-state index contributed by atoms with van der Waals surface area (Å²) in [6.07, 6.45) is 0. The number of carbonyl (C=O) groups excluding carboxylic acids is 3. The Morgan fingerprint density at radius 1 is 0.730 bits per heavy atom. The average molecular weight is 490 g/mol. The summed E-state index contributed by atoms with van der Waals surface area (Å²) in [5.74, 6) is -0.828. The Hall–Kier alpha value is -4.71. The van der Waals surface area contributed by atoms with Crippen LogP contribution in [0.5, 0.6) is 0 Å². The summed E-state index contributed by atoms with van der Waals surface area (Å²) in [6.45, 7) is -0.376. The standard InChI is InChI=1S/C31H27N3O3/c1-33(28(23-14-6-2-7-15-23)24-16-8-3-9-17-24)27(35)22-34-29(36)31(32-30(34)37,25-18-10-4-11-19-25)26-20-12-5-13-21-26/h2-21,28H,22H2,1H3,(H,32,37). The van der Waals surface area contributed by atoms with E-state index in [2.05, 4.69) is 5.32 Å². The van der Waals surface area contributed by atoms with Gasteiger partial charge in [-0.1, -0.05) is 121 Å². The van der Waals surface area contributed by atoms with E-state index < -0.39 is 17.5 Å². The van der Waals surface area contributed by atoms with Crippen LogP contribution >= 0.6 is 0 Å². The Kier molecular flexibility index (Phi) is 6.56. The van der Waals surface area contributed by atoms with Gasteiger partial charge in [0.25, 0.3) is 5.91 Å². The summed E-state index contributed by atoms with van der Waals surface area (Å²) in [4.78, 5) is 43.4. The molecule has 0 aromatic heterocycles. The van der Waals surface area contributed by atoms with Crippen molar-refractivity contribution in [3.05, 3.63) is 144 Å². The molecule has 37 heavy (non-hydrogen) atoms. The average Bonchev–Trinajstić information content (AvgIpc) is 3.21. The van der Waals surface area contributed by atoms with Gasteiger partial charge in [0.2, 0.25) is 5.91 Å². The highest BCUT2D eigenvalue weighted by molar-refractivity contribution is 6.11. The zero-order valence-corrected chi connectivity index (χ0v) is 20.5. The first-order chi connectivity index (χ1) is 18.0. The number of carbonyl (C=O) groups is 3. The van der Waals surface area contributed by atoms with Crippen LogP contribution in [-0.4, -0.2) is 41.2 Å². The topological polar surface area (TPSA) is 69.7 Å². The Morgan fingerprint density at radius 2 is 1.14 bits per heavy atom. The summed E-state index contributed by atoms with van der Waals surface area (Å²) in [5, 5.41) is 2.90. The molecule has 4 aromatic rings. The molecule has 184 valence electrons. The van der Waals surface area contributed by atoms with Gasteiger partial charge in [0.15, 0.2) is 5.54 Å². The molecule has 1 N–H and O–H groups in total. The zero-order valence-electron chi connectivity index (χ0n) is 20.5. The summed E-state index contributed by atoms with van der Waals surface area (Å²) in [7, 11) is 1.70. The van der Waals surface area contributed by atoms with Crippen molar-refractivity contribution < 1.29 is 14.4 Å². The summed E-state index contributed by atoms with van der Waals surface area (Å²) in [5.41, 5.74) is 1.73. The molecule has 5 rings (SSSR count). The van der Waals surface area contributed by atoms with E-state index in [0.717, 1.165) is 16.0 Å². The van der Waals surface area contributed by atoms with Crippen LogP contribution < -0.4 is 5.32 Å². The highest BCUT2D eigenvalue weighted by atomic mass is 16.2. The fourth-order valence-electron chi connectivity index (χ4n) is 4.95. The van der Waals surface area contributed by atoms with Crippen LogP contribution in [0.1, 0.15) is 28.3 Å². The number of imide groups is 1. The second-order valence-corrected chi connectivity index (χ2v) is 9.03. The second kappa shape index (κ2) is 10.1. The molecule has 1 saturated heterocycles. The first-order valence-corrected chi connectivity index (χ1v) is 12.1. The van der Waals surface area contributed by atoms with Crippen molar-refractivity contribution in [2.75, 3.05) is 13.6 Å². The maximum atomic E-state index is 14.0. The number of likely N-dealkylation sites (N-methyl/N-ethyl adjacent to an activating group) is 1. The molecule has 0 saturated carbocycles. The smallest absolute Gasteiger partial charge is 0.326 e. The van der Waals surface area contributed by atoms with Crippen molar-refractivity contribution in [3.8, 4) is 0 Å². The van der Waals surface area contributed by atoms with E-state index in [-0.39, 0.29) is 18.5 Å². The van der Waals surface area contributed by atoms with Crippen LogP contribution in [0.25, 0.3) is 0 Å². The largest absolute Gasteiger partial charge is 0.333 e. The van der Waals surface area contributed by atoms with E-state index in [4.69, 9.17) is 0 Å². The van der Waals surface area contributed by atoms with Gasteiger partial charge < -0.3 is 10.2 Å². The molecular weight excluding hydrogens is 462 g/mol. The second-order valence-electron chi connectivity index (χ2n) is 9.03. The van der Waals surface area contributed by atoms with Gasteiger partial charge in [-0.2, -0.15) is 0 Å². The number of hydrogen-bond donors (Lipinski definition) is 1. The van der Waals surface area contributed by atoms with Crippen LogP contribution in [0, 0.1) is 0 Å². The van der Waals surface area contributed by atoms with Gasteiger partial charge in [-0.25, -0.2) is 4.79 Å². The molecule has 0 unspecified atom stereocenters. The maximum Gasteiger partial charge on any atom is 0.326 e. The molecule has 1 fully saturated rings. The molecule has 4 aromatic carbocycles. The van der Waals surface area contributed by atoms with E-state index >= 15 is 0 Å². The highest BCUT2D eigenvalue weighted by Gasteiger charge is 2.54. The number of hydrogen-bond acceptors (Lipinski definition) is 3. The van der Waals surface area contributed by atoms with Crippen LogP contribution in [0.2, 0.25) is 0 Å². The normalized spacial score (nSPS) is 14.5. The van der Waals surface area contributed by atoms with Gasteiger partial charge in [-0.05, 0) is 22.3 Å². The zero-order chi connectivity index (χ0) is 25.8. The molecule has 0 radical (unpaired) electrons. The lowest BCUT2D eigenvalue weighted by Crippen LogP contribution is -2.46. The molecule has 4 amide bonds. The van der Waals surface area contributed by atoms with Crippen molar-refractivity contribution in [2.24, 2.45) is 0 Å². The van der Waals surface area contributed by atoms with Crippen molar-refractivity contribution in [3.63, 3.8) is 0 Å². The van der Waals surface area contributed by atoms with Gasteiger partial charge in [0.05, 0.1) is 6.04 Å². The number of rotatable bonds is 7. The third-order valence-electron chi connectivity index (χ3n) is 6.82. The van der Waals surface area contributed by atoms with Crippen molar-refractivity contribution in [1.29, 1.82) is 0 Å². The quantitative estimate of drug-likeness (QED) is 0.382. The van der Waals surface area contributed by atoms with Crippen LogP contribution in [0.3, 0.4) is 0 Å². The minimum atomic E-state index is -1.41. The lowest BCUT2D eigenvalue weighted by molar-refractivity contribution is -0.138. The molecule has 1 aliphatic heterocycles. The van der Waals surface area contributed by atoms with Gasteiger partial charge in [-0.15, -0.1) is 0 Å². The molecule has 6 heteroatoms. The third-order valence-corrected chi connectivity index (χ3v) is 6.82. The predicted molar refractivity (Wildman–Crippen MR) is 141 cm³/mol. The van der Waals surface area contributed by atoms with Crippen molar-refractivity contribution in [1.82, 2.24) is 15.1 Å². The molecule has 6 nitrogen and oxygen atoms in total. The molecule has 0 spiro atoms. The SMILES string of the molecule is CN(C(=O)CN1C(=O)NC(c2ccccc2)(c2ccccc2)C1=O)C(c1ccccc1)c1ccccc1. The van der Waals surface area contributed by atoms with E-state index in [9.17, 15) is 14.4 Å². The Balaban J connectivity index is 1.47. The lowest BCUT2D eigenvalue weighted by Gasteiger charge is -2.31. The Bertz CT molecular complexity index is 1310. The van der Waals surface area contributed by atoms with Gasteiger partial charge in [0, 0.05) is 7.05 Å². The van der Waals surface area contributed by atoms with Crippen LogP contribution in [-0.2, 0) is 15.1 Å². The fraction of sp³-hybridized carbons (Fsp3) is 0.129. The number of benzene rings is 4. The number of nitrogens with one attached hydrogen (secondary N) is 1. The van der Waals surface area contributed by atoms with Gasteiger partial charge in [-0.3, -0.25) is 14.5 Å². The molecule has 1 heterocycles.